The fourth-order valence-electron chi connectivity index (χ4n) is 1.88. The molecule has 1 saturated heterocycles. The maximum Gasteiger partial charge on any atom is 0.0253 e. The normalized spacial score (nSPS) is 34.7. The van der Waals surface area contributed by atoms with Crippen molar-refractivity contribution in [2.45, 2.75) is 13.8 Å². The summed E-state index contributed by atoms with van der Waals surface area (Å²) in [4.78, 5) is 0. The average Bonchev–Trinajstić information content (AvgIpc) is 2.45. The van der Waals surface area contributed by atoms with Crippen molar-refractivity contribution in [1.29, 1.82) is 0 Å². The maximum absolute atomic E-state index is 2.42. The molecular formula is C10H16S4. The van der Waals surface area contributed by atoms with Crippen molar-refractivity contribution in [3.05, 3.63) is 11.1 Å². The predicted octanol–water partition coefficient (Wildman–Crippen LogP) is 4.35. The quantitative estimate of drug-likeness (QED) is 0.471. The Morgan fingerprint density at radius 1 is 1.00 bits per heavy atom. The van der Waals surface area contributed by atoms with Crippen molar-refractivity contribution < 1.29 is 0 Å². The van der Waals surface area contributed by atoms with Gasteiger partial charge in [-0.3, -0.25) is 0 Å². The van der Waals surface area contributed by atoms with E-state index in [1.165, 1.54) is 23.0 Å². The minimum absolute atomic E-state index is 0.859. The van der Waals surface area contributed by atoms with Gasteiger partial charge in [-0.25, -0.2) is 0 Å². The molecule has 2 atom stereocenters. The lowest BCUT2D eigenvalue weighted by atomic mass is 9.88. The first-order chi connectivity index (χ1) is 6.79. The van der Waals surface area contributed by atoms with E-state index >= 15 is 0 Å². The molecule has 0 spiro atoms. The van der Waals surface area contributed by atoms with E-state index in [1.54, 1.807) is 11.1 Å². The lowest BCUT2D eigenvalue weighted by molar-refractivity contribution is 0.497. The van der Waals surface area contributed by atoms with Crippen LogP contribution in [-0.2, 0) is 0 Å². The molecule has 2 aliphatic heterocycles. The van der Waals surface area contributed by atoms with Crippen molar-refractivity contribution in [2.24, 2.45) is 11.8 Å². The summed E-state index contributed by atoms with van der Waals surface area (Å²) in [5.41, 5.74) is 3.43. The van der Waals surface area contributed by atoms with Crippen molar-refractivity contribution in [2.75, 3.05) is 23.0 Å². The van der Waals surface area contributed by atoms with Crippen LogP contribution in [0.15, 0.2) is 11.1 Å². The largest absolute Gasteiger partial charge is 0.0935 e. The summed E-state index contributed by atoms with van der Waals surface area (Å²) in [6.07, 6.45) is 0. The third-order valence-corrected chi connectivity index (χ3v) is 7.91. The second kappa shape index (κ2) is 5.46. The molecular weight excluding hydrogens is 248 g/mol. The molecule has 2 rings (SSSR count). The molecule has 2 heterocycles. The van der Waals surface area contributed by atoms with Crippen LogP contribution in [0.25, 0.3) is 0 Å². The van der Waals surface area contributed by atoms with Crippen LogP contribution in [0.3, 0.4) is 0 Å². The molecule has 4 heteroatoms. The highest BCUT2D eigenvalue weighted by Crippen LogP contribution is 2.44. The zero-order chi connectivity index (χ0) is 9.97. The van der Waals surface area contributed by atoms with Gasteiger partial charge in [0.25, 0.3) is 0 Å². The molecule has 0 aliphatic carbocycles. The molecule has 14 heavy (non-hydrogen) atoms. The van der Waals surface area contributed by atoms with Gasteiger partial charge in [0, 0.05) is 23.0 Å². The minimum Gasteiger partial charge on any atom is -0.0935 e. The molecule has 0 N–H and O–H groups in total. The summed E-state index contributed by atoms with van der Waals surface area (Å²) in [6, 6.07) is 0. The van der Waals surface area contributed by atoms with Crippen LogP contribution in [0.5, 0.6) is 0 Å². The summed E-state index contributed by atoms with van der Waals surface area (Å²) in [5, 5.41) is 0. The fourth-order valence-corrected chi connectivity index (χ4v) is 7.38. The molecule has 0 radical (unpaired) electrons. The first-order valence-electron chi connectivity index (χ1n) is 4.96. The van der Waals surface area contributed by atoms with Gasteiger partial charge in [-0.15, -0.1) is 0 Å². The fraction of sp³-hybridized carbons (Fsp3) is 0.800. The van der Waals surface area contributed by atoms with Crippen molar-refractivity contribution >= 4 is 43.2 Å². The maximum atomic E-state index is 2.42. The Bertz CT molecular complexity index is 236. The topological polar surface area (TPSA) is 0 Å². The van der Waals surface area contributed by atoms with Crippen molar-refractivity contribution in [3.8, 4) is 0 Å². The SMILES string of the molecule is CC1=C2CSSCC(C)C2CSSC1. The van der Waals surface area contributed by atoms with Gasteiger partial charge in [-0.2, -0.15) is 0 Å². The third-order valence-electron chi connectivity index (χ3n) is 2.92. The summed E-state index contributed by atoms with van der Waals surface area (Å²) < 4.78 is 0. The van der Waals surface area contributed by atoms with E-state index in [0.29, 0.717) is 0 Å². The summed E-state index contributed by atoms with van der Waals surface area (Å²) in [5.74, 6) is 6.90. The van der Waals surface area contributed by atoms with Crippen molar-refractivity contribution in [1.82, 2.24) is 0 Å². The lowest BCUT2D eigenvalue weighted by Gasteiger charge is -2.22. The highest BCUT2D eigenvalue weighted by molar-refractivity contribution is 8.77. The van der Waals surface area contributed by atoms with Gasteiger partial charge in [-0.1, -0.05) is 61.2 Å². The van der Waals surface area contributed by atoms with Gasteiger partial charge in [0.2, 0.25) is 0 Å². The van der Waals surface area contributed by atoms with E-state index in [4.69, 9.17) is 0 Å². The summed E-state index contributed by atoms with van der Waals surface area (Å²) in [6.45, 7) is 4.76. The molecule has 1 fully saturated rings. The molecule has 2 unspecified atom stereocenters. The second-order valence-corrected chi connectivity index (χ2v) is 9.00. The molecule has 2 aliphatic rings. The molecule has 0 aromatic rings. The molecule has 0 bridgehead atoms. The van der Waals surface area contributed by atoms with E-state index in [2.05, 4.69) is 46.2 Å². The Hall–Kier alpha value is 1.14. The van der Waals surface area contributed by atoms with Gasteiger partial charge in [-0.05, 0) is 18.8 Å². The zero-order valence-corrected chi connectivity index (χ0v) is 11.9. The van der Waals surface area contributed by atoms with E-state index in [-0.39, 0.29) is 0 Å². The van der Waals surface area contributed by atoms with Crippen LogP contribution in [0.1, 0.15) is 13.8 Å². The second-order valence-electron chi connectivity index (χ2n) is 3.98. The van der Waals surface area contributed by atoms with Crippen LogP contribution < -0.4 is 0 Å². The van der Waals surface area contributed by atoms with Gasteiger partial charge >= 0.3 is 0 Å². The van der Waals surface area contributed by atoms with Crippen molar-refractivity contribution in [3.63, 3.8) is 0 Å². The summed E-state index contributed by atoms with van der Waals surface area (Å²) in [7, 11) is 8.24. The standard InChI is InChI=1S/C10H16S4/c1-7-3-11-14-6-10-8(2)4-12-13-5-9(7)10/h7,9H,3-6H2,1-2H3. The molecule has 0 nitrogen and oxygen atoms in total. The lowest BCUT2D eigenvalue weighted by Crippen LogP contribution is -2.18. The Morgan fingerprint density at radius 3 is 2.57 bits per heavy atom. The van der Waals surface area contributed by atoms with E-state index in [9.17, 15) is 0 Å². The highest BCUT2D eigenvalue weighted by atomic mass is 33.1. The number of fused-ring (bicyclic) bond motifs is 1. The number of rotatable bonds is 0. The Kier molecular flexibility index (Phi) is 4.53. The van der Waals surface area contributed by atoms with Gasteiger partial charge in [0.1, 0.15) is 0 Å². The Balaban J connectivity index is 2.24. The van der Waals surface area contributed by atoms with E-state index < -0.39 is 0 Å². The number of hydrogen-bond acceptors (Lipinski definition) is 4. The van der Waals surface area contributed by atoms with Crippen LogP contribution >= 0.6 is 43.2 Å². The Labute approximate surface area is 103 Å². The predicted molar refractivity (Wildman–Crippen MR) is 75.2 cm³/mol. The average molecular weight is 265 g/mol. The third kappa shape index (κ3) is 2.63. The Morgan fingerprint density at radius 2 is 1.71 bits per heavy atom. The van der Waals surface area contributed by atoms with Crippen LogP contribution in [0, 0.1) is 11.8 Å². The van der Waals surface area contributed by atoms with Gasteiger partial charge in [0.05, 0.1) is 0 Å². The monoisotopic (exact) mass is 264 g/mol. The van der Waals surface area contributed by atoms with Crippen LogP contribution in [-0.4, -0.2) is 23.0 Å². The smallest absolute Gasteiger partial charge is 0.0253 e. The summed E-state index contributed by atoms with van der Waals surface area (Å²) >= 11 is 0. The van der Waals surface area contributed by atoms with Gasteiger partial charge in [0.15, 0.2) is 0 Å². The molecule has 0 aromatic carbocycles. The molecule has 0 saturated carbocycles. The molecule has 0 amide bonds. The first kappa shape index (κ1) is 11.6. The zero-order valence-electron chi connectivity index (χ0n) is 8.62. The van der Waals surface area contributed by atoms with E-state index in [0.717, 1.165) is 11.8 Å². The molecule has 0 aromatic heterocycles. The van der Waals surface area contributed by atoms with E-state index in [1.807, 2.05) is 10.8 Å². The van der Waals surface area contributed by atoms with Gasteiger partial charge < -0.3 is 0 Å². The minimum atomic E-state index is 0.859. The highest BCUT2D eigenvalue weighted by Gasteiger charge is 2.27. The van der Waals surface area contributed by atoms with Crippen LogP contribution in [0.2, 0.25) is 0 Å². The number of hydrogen-bond donors (Lipinski definition) is 0. The van der Waals surface area contributed by atoms with Crippen LogP contribution in [0.4, 0.5) is 0 Å². The molecule has 80 valence electrons. The first-order valence-corrected chi connectivity index (χ1v) is 9.94.